The van der Waals surface area contributed by atoms with Crippen LogP contribution in [0.15, 0.2) is 71.6 Å². The zero-order chi connectivity index (χ0) is 21.8. The lowest BCUT2D eigenvalue weighted by Crippen LogP contribution is -2.23. The first kappa shape index (κ1) is 20.7. The van der Waals surface area contributed by atoms with Gasteiger partial charge in [-0.25, -0.2) is 12.8 Å². The maximum Gasteiger partial charge on any atom is 0.261 e. The van der Waals surface area contributed by atoms with Gasteiger partial charge in [0.25, 0.3) is 15.9 Å². The fourth-order valence-corrected chi connectivity index (χ4v) is 4.12. The topological polar surface area (TPSA) is 93.7 Å². The third-order valence-corrected chi connectivity index (χ3v) is 5.94. The Labute approximate surface area is 178 Å². The number of ether oxygens (including phenoxy) is 2. The highest BCUT2D eigenvalue weighted by Crippen LogP contribution is 2.30. The van der Waals surface area contributed by atoms with Crippen molar-refractivity contribution in [1.29, 1.82) is 0 Å². The molecule has 4 rings (SSSR count). The van der Waals surface area contributed by atoms with Crippen molar-refractivity contribution >= 4 is 21.6 Å². The first-order chi connectivity index (χ1) is 14.9. The highest BCUT2D eigenvalue weighted by Gasteiger charge is 2.17. The first-order valence-electron chi connectivity index (χ1n) is 9.46. The largest absolute Gasteiger partial charge is 0.486 e. The third-order valence-electron chi connectivity index (χ3n) is 4.56. The second kappa shape index (κ2) is 8.65. The van der Waals surface area contributed by atoms with Gasteiger partial charge in [-0.05, 0) is 60.2 Å². The molecule has 0 unspecified atom stereocenters. The molecule has 0 spiro atoms. The predicted molar refractivity (Wildman–Crippen MR) is 112 cm³/mol. The van der Waals surface area contributed by atoms with Crippen LogP contribution in [0.1, 0.15) is 15.9 Å². The molecular weight excluding hydrogens is 423 g/mol. The number of halogens is 1. The predicted octanol–water partition coefficient (Wildman–Crippen LogP) is 3.33. The smallest absolute Gasteiger partial charge is 0.261 e. The molecule has 7 nitrogen and oxygen atoms in total. The van der Waals surface area contributed by atoms with Crippen LogP contribution in [0.2, 0.25) is 0 Å². The van der Waals surface area contributed by atoms with Crippen molar-refractivity contribution in [2.45, 2.75) is 11.4 Å². The van der Waals surface area contributed by atoms with E-state index in [-0.39, 0.29) is 22.7 Å². The van der Waals surface area contributed by atoms with E-state index in [0.717, 1.165) is 17.7 Å². The number of hydrogen-bond donors (Lipinski definition) is 2. The summed E-state index contributed by atoms with van der Waals surface area (Å²) in [7, 11) is -3.94. The number of carbonyl (C=O) groups excluding carboxylic acids is 1. The van der Waals surface area contributed by atoms with E-state index in [1.54, 1.807) is 12.1 Å². The molecule has 31 heavy (non-hydrogen) atoms. The van der Waals surface area contributed by atoms with Crippen LogP contribution in [0.3, 0.4) is 0 Å². The van der Waals surface area contributed by atoms with E-state index in [1.165, 1.54) is 36.4 Å². The molecule has 3 aromatic carbocycles. The summed E-state index contributed by atoms with van der Waals surface area (Å²) in [6.07, 6.45) is 0. The number of nitrogens with one attached hydrogen (secondary N) is 2. The van der Waals surface area contributed by atoms with Crippen molar-refractivity contribution in [1.82, 2.24) is 5.32 Å². The lowest BCUT2D eigenvalue weighted by atomic mass is 10.1. The van der Waals surface area contributed by atoms with Gasteiger partial charge in [0.05, 0.1) is 4.90 Å². The molecule has 0 bridgehead atoms. The number of amides is 1. The average Bonchev–Trinajstić information content (AvgIpc) is 2.79. The molecule has 0 aliphatic carbocycles. The molecule has 1 heterocycles. The molecule has 9 heteroatoms. The third kappa shape index (κ3) is 4.95. The molecule has 0 aromatic heterocycles. The van der Waals surface area contributed by atoms with Gasteiger partial charge in [0.15, 0.2) is 11.5 Å². The fraction of sp³-hybridized carbons (Fsp3) is 0.136. The molecule has 2 N–H and O–H groups in total. The van der Waals surface area contributed by atoms with Crippen molar-refractivity contribution in [2.24, 2.45) is 0 Å². The van der Waals surface area contributed by atoms with Crippen molar-refractivity contribution in [2.75, 3.05) is 17.9 Å². The van der Waals surface area contributed by atoms with Gasteiger partial charge in [0.2, 0.25) is 0 Å². The zero-order valence-corrected chi connectivity index (χ0v) is 17.1. The van der Waals surface area contributed by atoms with Gasteiger partial charge in [-0.3, -0.25) is 9.52 Å². The summed E-state index contributed by atoms with van der Waals surface area (Å²) in [5, 5.41) is 2.76. The standard InChI is InChI=1S/C22H19FN2O5S/c23-17-5-7-18(8-6-17)25-31(27,28)19-3-1-2-16(13-19)22(26)24-14-15-4-9-20-21(12-15)30-11-10-29-20/h1-9,12-13,25H,10-11,14H2,(H,24,26). The summed E-state index contributed by atoms with van der Waals surface area (Å²) in [4.78, 5) is 12.5. The quantitative estimate of drug-likeness (QED) is 0.611. The minimum absolute atomic E-state index is 0.0798. The molecule has 0 radical (unpaired) electrons. The fourth-order valence-electron chi connectivity index (χ4n) is 3.02. The van der Waals surface area contributed by atoms with E-state index in [4.69, 9.17) is 9.47 Å². The first-order valence-corrected chi connectivity index (χ1v) is 10.9. The van der Waals surface area contributed by atoms with Crippen LogP contribution in [0.25, 0.3) is 0 Å². The van der Waals surface area contributed by atoms with Gasteiger partial charge in [-0.2, -0.15) is 0 Å². The van der Waals surface area contributed by atoms with E-state index < -0.39 is 21.7 Å². The Morgan fingerprint density at radius 2 is 1.68 bits per heavy atom. The number of anilines is 1. The highest BCUT2D eigenvalue weighted by atomic mass is 32.2. The number of hydrogen-bond acceptors (Lipinski definition) is 5. The minimum Gasteiger partial charge on any atom is -0.486 e. The molecule has 3 aromatic rings. The molecule has 1 amide bonds. The molecule has 0 saturated carbocycles. The van der Waals surface area contributed by atoms with Crippen molar-refractivity contribution in [3.05, 3.63) is 83.7 Å². The Kier molecular flexibility index (Phi) is 5.77. The summed E-state index contributed by atoms with van der Waals surface area (Å²) in [5.74, 6) is 0.388. The monoisotopic (exact) mass is 442 g/mol. The van der Waals surface area contributed by atoms with Crippen molar-refractivity contribution in [3.63, 3.8) is 0 Å². The number of sulfonamides is 1. The second-order valence-corrected chi connectivity index (χ2v) is 8.48. The van der Waals surface area contributed by atoms with Crippen LogP contribution in [0.4, 0.5) is 10.1 Å². The highest BCUT2D eigenvalue weighted by molar-refractivity contribution is 7.92. The van der Waals surface area contributed by atoms with Crippen LogP contribution in [0.5, 0.6) is 11.5 Å². The van der Waals surface area contributed by atoms with E-state index in [0.29, 0.717) is 24.7 Å². The van der Waals surface area contributed by atoms with Gasteiger partial charge in [-0.1, -0.05) is 12.1 Å². The Bertz CT molecular complexity index is 1210. The van der Waals surface area contributed by atoms with E-state index in [9.17, 15) is 17.6 Å². The molecular formula is C22H19FN2O5S. The molecule has 1 aliphatic rings. The molecule has 1 aliphatic heterocycles. The zero-order valence-electron chi connectivity index (χ0n) is 16.3. The SMILES string of the molecule is O=C(NCc1ccc2c(c1)OCCO2)c1cccc(S(=O)(=O)Nc2ccc(F)cc2)c1. The molecule has 0 fully saturated rings. The molecule has 0 atom stereocenters. The van der Waals surface area contributed by atoms with Crippen LogP contribution >= 0.6 is 0 Å². The van der Waals surface area contributed by atoms with Crippen LogP contribution < -0.4 is 19.5 Å². The summed E-state index contributed by atoms with van der Waals surface area (Å²) in [5.41, 5.74) is 1.23. The lowest BCUT2D eigenvalue weighted by Gasteiger charge is -2.19. The minimum atomic E-state index is -3.94. The summed E-state index contributed by atoms with van der Waals surface area (Å²) in [6, 6.07) is 16.0. The molecule has 160 valence electrons. The Morgan fingerprint density at radius 3 is 2.45 bits per heavy atom. The van der Waals surface area contributed by atoms with Crippen molar-refractivity contribution < 1.29 is 27.1 Å². The van der Waals surface area contributed by atoms with Crippen LogP contribution in [-0.2, 0) is 16.6 Å². The maximum atomic E-state index is 13.0. The number of rotatable bonds is 6. The number of carbonyl (C=O) groups is 1. The van der Waals surface area contributed by atoms with Gasteiger partial charge >= 0.3 is 0 Å². The van der Waals surface area contributed by atoms with E-state index in [1.807, 2.05) is 6.07 Å². The average molecular weight is 442 g/mol. The van der Waals surface area contributed by atoms with Gasteiger partial charge in [0, 0.05) is 17.8 Å². The summed E-state index contributed by atoms with van der Waals surface area (Å²) < 4.78 is 51.6. The van der Waals surface area contributed by atoms with Crippen LogP contribution in [-0.4, -0.2) is 27.5 Å². The Hall–Kier alpha value is -3.59. The van der Waals surface area contributed by atoms with Gasteiger partial charge < -0.3 is 14.8 Å². The molecule has 0 saturated heterocycles. The van der Waals surface area contributed by atoms with E-state index in [2.05, 4.69) is 10.0 Å². The van der Waals surface area contributed by atoms with Gasteiger partial charge in [0.1, 0.15) is 19.0 Å². The summed E-state index contributed by atoms with van der Waals surface area (Å²) >= 11 is 0. The Balaban J connectivity index is 1.44. The normalized spacial score (nSPS) is 12.8. The summed E-state index contributed by atoms with van der Waals surface area (Å²) in [6.45, 7) is 1.20. The maximum absolute atomic E-state index is 13.0. The lowest BCUT2D eigenvalue weighted by molar-refractivity contribution is 0.0950. The van der Waals surface area contributed by atoms with Crippen LogP contribution in [0, 0.1) is 5.82 Å². The van der Waals surface area contributed by atoms with Crippen molar-refractivity contribution in [3.8, 4) is 11.5 Å². The number of benzene rings is 3. The Morgan fingerprint density at radius 1 is 0.935 bits per heavy atom. The second-order valence-electron chi connectivity index (χ2n) is 6.80. The van der Waals surface area contributed by atoms with E-state index >= 15 is 0 Å². The van der Waals surface area contributed by atoms with Gasteiger partial charge in [-0.15, -0.1) is 0 Å². The number of fused-ring (bicyclic) bond motifs is 1.